The lowest BCUT2D eigenvalue weighted by molar-refractivity contribution is 0.0906. The maximum Gasteiger partial charge on any atom is 0.184 e. The summed E-state index contributed by atoms with van der Waals surface area (Å²) in [6.45, 7) is 0.760. The number of benzene rings is 1. The van der Waals surface area contributed by atoms with Crippen molar-refractivity contribution in [1.29, 1.82) is 0 Å². The van der Waals surface area contributed by atoms with E-state index in [1.165, 1.54) is 11.9 Å². The standard InChI is InChI=1S/C19H24N6O2/c26-11-14-9-15(10-16(14)27)25-19-17(23-24-25)18(21-12-22-19)20-8-4-7-13-5-2-1-3-6-13/h1-3,5-6,12,14-16,26-27H,4,7-11H2,(H,20,21,22). The van der Waals surface area contributed by atoms with Gasteiger partial charge in [-0.25, -0.2) is 14.6 Å². The molecule has 8 nitrogen and oxygen atoms in total. The van der Waals surface area contributed by atoms with E-state index in [1.807, 2.05) is 6.07 Å². The van der Waals surface area contributed by atoms with Crippen molar-refractivity contribution in [3.63, 3.8) is 0 Å². The van der Waals surface area contributed by atoms with E-state index in [4.69, 9.17) is 0 Å². The topological polar surface area (TPSA) is 109 Å². The van der Waals surface area contributed by atoms with Gasteiger partial charge >= 0.3 is 0 Å². The SMILES string of the molecule is OCC1CC(n2nnc3c(NCCCc4ccccc4)ncnc32)CC1O. The van der Waals surface area contributed by atoms with Gasteiger partial charge in [-0.15, -0.1) is 5.10 Å². The number of rotatable bonds is 7. The Labute approximate surface area is 157 Å². The maximum absolute atomic E-state index is 10.1. The zero-order valence-electron chi connectivity index (χ0n) is 15.1. The molecule has 0 spiro atoms. The van der Waals surface area contributed by atoms with Crippen LogP contribution in [0.1, 0.15) is 30.9 Å². The zero-order valence-corrected chi connectivity index (χ0v) is 15.1. The largest absolute Gasteiger partial charge is 0.396 e. The van der Waals surface area contributed by atoms with E-state index in [1.54, 1.807) is 4.68 Å². The van der Waals surface area contributed by atoms with Crippen molar-refractivity contribution in [2.24, 2.45) is 5.92 Å². The minimum atomic E-state index is -0.517. The number of aliphatic hydroxyl groups excluding tert-OH is 2. The maximum atomic E-state index is 10.1. The van der Waals surface area contributed by atoms with Gasteiger partial charge in [0.1, 0.15) is 6.33 Å². The number of hydrogen-bond donors (Lipinski definition) is 3. The average molecular weight is 368 g/mol. The highest BCUT2D eigenvalue weighted by Crippen LogP contribution is 2.35. The van der Waals surface area contributed by atoms with Crippen LogP contribution in [0, 0.1) is 5.92 Å². The summed E-state index contributed by atoms with van der Waals surface area (Å²) >= 11 is 0. The van der Waals surface area contributed by atoms with Gasteiger partial charge in [-0.2, -0.15) is 0 Å². The second kappa shape index (κ2) is 7.98. The van der Waals surface area contributed by atoms with Gasteiger partial charge in [0.25, 0.3) is 0 Å². The number of anilines is 1. The van der Waals surface area contributed by atoms with Crippen molar-refractivity contribution in [3.8, 4) is 0 Å². The summed E-state index contributed by atoms with van der Waals surface area (Å²) in [4.78, 5) is 8.65. The Hall–Kier alpha value is -2.58. The summed E-state index contributed by atoms with van der Waals surface area (Å²) < 4.78 is 1.76. The van der Waals surface area contributed by atoms with Crippen molar-refractivity contribution in [3.05, 3.63) is 42.2 Å². The number of hydrogen-bond acceptors (Lipinski definition) is 7. The van der Waals surface area contributed by atoms with E-state index >= 15 is 0 Å². The van der Waals surface area contributed by atoms with E-state index in [2.05, 4.69) is 49.9 Å². The van der Waals surface area contributed by atoms with Gasteiger partial charge in [-0.3, -0.25) is 0 Å². The fraction of sp³-hybridized carbons (Fsp3) is 0.474. The molecule has 27 heavy (non-hydrogen) atoms. The highest BCUT2D eigenvalue weighted by atomic mass is 16.3. The Balaban J connectivity index is 1.43. The Morgan fingerprint density at radius 2 is 2.00 bits per heavy atom. The molecular formula is C19H24N6O2. The van der Waals surface area contributed by atoms with Crippen LogP contribution in [0.3, 0.4) is 0 Å². The molecule has 1 saturated carbocycles. The first-order valence-corrected chi connectivity index (χ1v) is 9.39. The van der Waals surface area contributed by atoms with Crippen LogP contribution in [0.5, 0.6) is 0 Å². The van der Waals surface area contributed by atoms with Crippen LogP contribution >= 0.6 is 0 Å². The fourth-order valence-electron chi connectivity index (χ4n) is 3.75. The van der Waals surface area contributed by atoms with Gasteiger partial charge < -0.3 is 15.5 Å². The summed E-state index contributed by atoms with van der Waals surface area (Å²) in [6, 6.07) is 10.4. The lowest BCUT2D eigenvalue weighted by Crippen LogP contribution is -2.16. The van der Waals surface area contributed by atoms with Crippen molar-refractivity contribution >= 4 is 17.0 Å². The molecule has 8 heteroatoms. The van der Waals surface area contributed by atoms with Crippen LogP contribution in [0.15, 0.2) is 36.7 Å². The number of aryl methyl sites for hydroxylation is 1. The number of aromatic nitrogens is 5. The fourth-order valence-corrected chi connectivity index (χ4v) is 3.75. The van der Waals surface area contributed by atoms with Gasteiger partial charge in [-0.1, -0.05) is 35.5 Å². The van der Waals surface area contributed by atoms with Gasteiger partial charge in [0, 0.05) is 19.1 Å². The number of nitrogens with zero attached hydrogens (tertiary/aromatic N) is 5. The van der Waals surface area contributed by atoms with E-state index in [9.17, 15) is 10.2 Å². The minimum Gasteiger partial charge on any atom is -0.396 e. The van der Waals surface area contributed by atoms with Gasteiger partial charge in [0.05, 0.1) is 12.1 Å². The Morgan fingerprint density at radius 3 is 2.78 bits per heavy atom. The predicted molar refractivity (Wildman–Crippen MR) is 101 cm³/mol. The minimum absolute atomic E-state index is 0.0111. The molecule has 1 aliphatic carbocycles. The van der Waals surface area contributed by atoms with E-state index in [0.29, 0.717) is 29.8 Å². The van der Waals surface area contributed by atoms with E-state index < -0.39 is 6.10 Å². The highest BCUT2D eigenvalue weighted by molar-refractivity contribution is 5.81. The normalized spacial score (nSPS) is 22.4. The van der Waals surface area contributed by atoms with Crippen LogP contribution in [-0.4, -0.2) is 54.4 Å². The molecule has 1 fully saturated rings. The molecular weight excluding hydrogens is 344 g/mol. The number of nitrogens with one attached hydrogen (secondary N) is 1. The molecule has 3 unspecified atom stereocenters. The van der Waals surface area contributed by atoms with E-state index in [-0.39, 0.29) is 18.6 Å². The third-order valence-electron chi connectivity index (χ3n) is 5.25. The summed E-state index contributed by atoms with van der Waals surface area (Å²) in [5.74, 6) is 0.559. The van der Waals surface area contributed by atoms with Crippen molar-refractivity contribution < 1.29 is 10.2 Å². The molecule has 1 aromatic carbocycles. The molecule has 0 radical (unpaired) electrons. The Kier molecular flexibility index (Phi) is 5.26. The molecule has 2 heterocycles. The third kappa shape index (κ3) is 3.77. The molecule has 0 aliphatic heterocycles. The van der Waals surface area contributed by atoms with Gasteiger partial charge in [0.2, 0.25) is 0 Å². The monoisotopic (exact) mass is 368 g/mol. The summed E-state index contributed by atoms with van der Waals surface area (Å²) in [6.07, 6.45) is 4.19. The first kappa shape index (κ1) is 17.8. The average Bonchev–Trinajstić information content (AvgIpc) is 3.29. The number of fused-ring (bicyclic) bond motifs is 1. The second-order valence-electron chi connectivity index (χ2n) is 7.08. The van der Waals surface area contributed by atoms with Crippen LogP contribution in [0.25, 0.3) is 11.2 Å². The Bertz CT molecular complexity index is 884. The molecule has 4 rings (SSSR count). The lowest BCUT2D eigenvalue weighted by Gasteiger charge is -2.10. The summed E-state index contributed by atoms with van der Waals surface area (Å²) in [5, 5.41) is 31.3. The van der Waals surface area contributed by atoms with Crippen LogP contribution in [0.2, 0.25) is 0 Å². The second-order valence-corrected chi connectivity index (χ2v) is 7.08. The smallest absolute Gasteiger partial charge is 0.184 e. The molecule has 0 bridgehead atoms. The molecule has 1 aliphatic rings. The van der Waals surface area contributed by atoms with Crippen LogP contribution in [0.4, 0.5) is 5.82 Å². The molecule has 3 aromatic rings. The number of aliphatic hydroxyl groups is 2. The van der Waals surface area contributed by atoms with Crippen molar-refractivity contribution in [1.82, 2.24) is 25.0 Å². The van der Waals surface area contributed by atoms with Gasteiger partial charge in [-0.05, 0) is 31.2 Å². The quantitative estimate of drug-likeness (QED) is 0.543. The zero-order chi connectivity index (χ0) is 18.6. The summed E-state index contributed by atoms with van der Waals surface area (Å²) in [7, 11) is 0. The Morgan fingerprint density at radius 1 is 1.15 bits per heavy atom. The predicted octanol–water partition coefficient (Wildman–Crippen LogP) is 1.57. The first-order chi connectivity index (χ1) is 13.3. The molecule has 3 atom stereocenters. The van der Waals surface area contributed by atoms with E-state index in [0.717, 1.165) is 19.4 Å². The lowest BCUT2D eigenvalue weighted by atomic mass is 10.1. The van der Waals surface area contributed by atoms with Crippen molar-refractivity contribution in [2.75, 3.05) is 18.5 Å². The molecule has 3 N–H and O–H groups in total. The van der Waals surface area contributed by atoms with Crippen molar-refractivity contribution in [2.45, 2.75) is 37.8 Å². The van der Waals surface area contributed by atoms with Gasteiger partial charge in [0.15, 0.2) is 17.0 Å². The van der Waals surface area contributed by atoms with Crippen LogP contribution in [-0.2, 0) is 6.42 Å². The van der Waals surface area contributed by atoms with Crippen LogP contribution < -0.4 is 5.32 Å². The molecule has 2 aromatic heterocycles. The molecule has 0 saturated heterocycles. The molecule has 142 valence electrons. The third-order valence-corrected chi connectivity index (χ3v) is 5.25. The summed E-state index contributed by atoms with van der Waals surface area (Å²) in [5.41, 5.74) is 2.61. The molecule has 0 amide bonds. The highest BCUT2D eigenvalue weighted by Gasteiger charge is 2.35. The first-order valence-electron chi connectivity index (χ1n) is 9.39.